The number of nitrogens with two attached hydrogens (primary N) is 1. The van der Waals surface area contributed by atoms with Crippen molar-refractivity contribution in [1.29, 1.82) is 0 Å². The van der Waals surface area contributed by atoms with Gasteiger partial charge in [-0.1, -0.05) is 0 Å². The zero-order valence-electron chi connectivity index (χ0n) is 22.0. The number of ether oxygens (including phenoxy) is 2. The van der Waals surface area contributed by atoms with Crippen LogP contribution in [0.5, 0.6) is 5.75 Å². The Labute approximate surface area is 225 Å². The molecule has 2 aliphatic heterocycles. The minimum Gasteiger partial charge on any atom is -0.489 e. The van der Waals surface area contributed by atoms with Crippen molar-refractivity contribution in [3.8, 4) is 28.3 Å². The van der Waals surface area contributed by atoms with Crippen molar-refractivity contribution in [2.45, 2.75) is 45.0 Å². The number of likely N-dealkylation sites (tertiary alicyclic amines) is 1. The van der Waals surface area contributed by atoms with Gasteiger partial charge in [0.15, 0.2) is 0 Å². The fourth-order valence-electron chi connectivity index (χ4n) is 4.86. The molecule has 9 nitrogen and oxygen atoms in total. The fraction of sp³-hybridized carbons (Fsp3) is 0.481. The van der Waals surface area contributed by atoms with E-state index in [0.717, 1.165) is 38.2 Å². The standard InChI is InChI=1S/C27H32F3N7O2/c1-17(2)36-5-3-19(4-6-36)39-20-11-18(14-32-15-20)23-13-24(35-26(34-23)37-7-9-38-10-8-37)21-16-33-25(31)12-22(21)27(28,29)30/h11-17,19H,3-10H2,1-2H3,(H2,31,33). The van der Waals surface area contributed by atoms with E-state index >= 15 is 0 Å². The molecule has 0 saturated carbocycles. The molecule has 3 aromatic rings. The molecule has 0 aromatic carbocycles. The van der Waals surface area contributed by atoms with Crippen molar-refractivity contribution in [2.75, 3.05) is 50.0 Å². The van der Waals surface area contributed by atoms with Gasteiger partial charge in [0.2, 0.25) is 5.95 Å². The number of anilines is 2. The first-order chi connectivity index (χ1) is 18.7. The molecule has 5 rings (SSSR count). The van der Waals surface area contributed by atoms with Crippen LogP contribution in [0.4, 0.5) is 24.9 Å². The van der Waals surface area contributed by atoms with E-state index in [-0.39, 0.29) is 23.2 Å². The summed E-state index contributed by atoms with van der Waals surface area (Å²) in [5.74, 6) is 0.680. The number of rotatable bonds is 6. The predicted molar refractivity (Wildman–Crippen MR) is 141 cm³/mol. The van der Waals surface area contributed by atoms with Crippen LogP contribution < -0.4 is 15.4 Å². The summed E-state index contributed by atoms with van der Waals surface area (Å²) in [7, 11) is 0. The zero-order chi connectivity index (χ0) is 27.6. The van der Waals surface area contributed by atoms with Crippen molar-refractivity contribution in [1.82, 2.24) is 24.8 Å². The minimum atomic E-state index is -4.64. The number of halogens is 3. The highest BCUT2D eigenvalue weighted by Crippen LogP contribution is 2.38. The molecular weight excluding hydrogens is 511 g/mol. The normalized spacial score (nSPS) is 17.5. The molecule has 0 atom stereocenters. The van der Waals surface area contributed by atoms with Gasteiger partial charge < -0.3 is 25.0 Å². The lowest BCUT2D eigenvalue weighted by molar-refractivity contribution is -0.137. The maximum atomic E-state index is 14.0. The fourth-order valence-corrected chi connectivity index (χ4v) is 4.86. The second-order valence-electron chi connectivity index (χ2n) is 10.0. The van der Waals surface area contributed by atoms with Crippen LogP contribution >= 0.6 is 0 Å². The lowest BCUT2D eigenvalue weighted by Gasteiger charge is -2.34. The first-order valence-electron chi connectivity index (χ1n) is 13.1. The molecule has 0 spiro atoms. The smallest absolute Gasteiger partial charge is 0.417 e. The lowest BCUT2D eigenvalue weighted by atomic mass is 10.0. The van der Waals surface area contributed by atoms with E-state index in [9.17, 15) is 13.2 Å². The Bertz CT molecular complexity index is 1290. The average Bonchev–Trinajstić information content (AvgIpc) is 2.93. The molecule has 2 aliphatic rings. The van der Waals surface area contributed by atoms with E-state index in [1.807, 2.05) is 11.0 Å². The van der Waals surface area contributed by atoms with Crippen LogP contribution in [0.2, 0.25) is 0 Å². The lowest BCUT2D eigenvalue weighted by Crippen LogP contribution is -2.41. The Morgan fingerprint density at radius 2 is 1.69 bits per heavy atom. The van der Waals surface area contributed by atoms with E-state index in [1.54, 1.807) is 12.4 Å². The van der Waals surface area contributed by atoms with Crippen LogP contribution in [-0.4, -0.2) is 76.4 Å². The predicted octanol–water partition coefficient (Wildman–Crippen LogP) is 4.29. The highest BCUT2D eigenvalue weighted by Gasteiger charge is 2.35. The SMILES string of the molecule is CC(C)N1CCC(Oc2cncc(-c3cc(-c4cnc(N)cc4C(F)(F)F)nc(N4CCOCC4)n3)c2)CC1. The Hall–Kier alpha value is -3.51. The molecule has 0 radical (unpaired) electrons. The summed E-state index contributed by atoms with van der Waals surface area (Å²) in [6.45, 7) is 8.29. The van der Waals surface area contributed by atoms with Crippen molar-refractivity contribution in [3.63, 3.8) is 0 Å². The molecule has 0 amide bonds. The Kier molecular flexibility index (Phi) is 7.85. The number of pyridine rings is 2. The number of hydrogen-bond acceptors (Lipinski definition) is 9. The molecule has 3 aromatic heterocycles. The van der Waals surface area contributed by atoms with Gasteiger partial charge in [0.05, 0.1) is 36.4 Å². The van der Waals surface area contributed by atoms with Crippen LogP contribution in [0.1, 0.15) is 32.3 Å². The molecule has 0 unspecified atom stereocenters. The number of piperidine rings is 1. The Balaban J connectivity index is 1.50. The highest BCUT2D eigenvalue weighted by molar-refractivity contribution is 5.72. The van der Waals surface area contributed by atoms with Crippen LogP contribution in [-0.2, 0) is 10.9 Å². The van der Waals surface area contributed by atoms with E-state index in [0.29, 0.717) is 55.3 Å². The third kappa shape index (κ3) is 6.39. The third-order valence-corrected chi connectivity index (χ3v) is 7.03. The van der Waals surface area contributed by atoms with Gasteiger partial charge >= 0.3 is 6.18 Å². The number of morpholine rings is 1. The average molecular weight is 544 g/mol. The van der Waals surface area contributed by atoms with Gasteiger partial charge in [-0.3, -0.25) is 4.98 Å². The Morgan fingerprint density at radius 3 is 2.38 bits per heavy atom. The first-order valence-corrected chi connectivity index (χ1v) is 13.1. The topological polar surface area (TPSA) is 103 Å². The maximum absolute atomic E-state index is 14.0. The molecule has 12 heteroatoms. The van der Waals surface area contributed by atoms with Gasteiger partial charge in [-0.2, -0.15) is 13.2 Å². The monoisotopic (exact) mass is 543 g/mol. The number of nitrogens with zero attached hydrogens (tertiary/aromatic N) is 6. The molecule has 208 valence electrons. The molecule has 0 bridgehead atoms. The van der Waals surface area contributed by atoms with Gasteiger partial charge in [-0.25, -0.2) is 15.0 Å². The van der Waals surface area contributed by atoms with Crippen molar-refractivity contribution in [2.24, 2.45) is 0 Å². The zero-order valence-corrected chi connectivity index (χ0v) is 22.0. The summed E-state index contributed by atoms with van der Waals surface area (Å²) in [6.07, 6.45) is 1.62. The number of alkyl halides is 3. The summed E-state index contributed by atoms with van der Waals surface area (Å²) >= 11 is 0. The van der Waals surface area contributed by atoms with Crippen molar-refractivity contribution in [3.05, 3.63) is 42.4 Å². The van der Waals surface area contributed by atoms with Crippen molar-refractivity contribution < 1.29 is 22.6 Å². The van der Waals surface area contributed by atoms with E-state index in [1.165, 1.54) is 6.07 Å². The minimum absolute atomic E-state index is 0.0668. The molecule has 2 fully saturated rings. The second-order valence-corrected chi connectivity index (χ2v) is 10.0. The largest absolute Gasteiger partial charge is 0.489 e. The van der Waals surface area contributed by atoms with Gasteiger partial charge in [-0.05, 0) is 44.9 Å². The van der Waals surface area contributed by atoms with E-state index in [2.05, 4.69) is 33.7 Å². The summed E-state index contributed by atoms with van der Waals surface area (Å²) in [5, 5.41) is 0. The molecule has 0 aliphatic carbocycles. The van der Waals surface area contributed by atoms with E-state index in [4.69, 9.17) is 20.2 Å². The van der Waals surface area contributed by atoms with Crippen molar-refractivity contribution >= 4 is 11.8 Å². The summed E-state index contributed by atoms with van der Waals surface area (Å²) in [4.78, 5) is 21.8. The first kappa shape index (κ1) is 27.1. The van der Waals surface area contributed by atoms with Crippen LogP contribution in [0, 0.1) is 0 Å². The molecule has 2 saturated heterocycles. The maximum Gasteiger partial charge on any atom is 0.417 e. The quantitative estimate of drug-likeness (QED) is 0.488. The van der Waals surface area contributed by atoms with Gasteiger partial charge in [0.1, 0.15) is 17.7 Å². The van der Waals surface area contributed by atoms with Gasteiger partial charge in [0, 0.05) is 55.7 Å². The van der Waals surface area contributed by atoms with Gasteiger partial charge in [-0.15, -0.1) is 0 Å². The number of aromatic nitrogens is 4. The van der Waals surface area contributed by atoms with Gasteiger partial charge in [0.25, 0.3) is 0 Å². The summed E-state index contributed by atoms with van der Waals surface area (Å²) in [5.41, 5.74) is 5.65. The second kappa shape index (κ2) is 11.3. The van der Waals surface area contributed by atoms with Crippen LogP contribution in [0.3, 0.4) is 0 Å². The summed E-state index contributed by atoms with van der Waals surface area (Å²) < 4.78 is 53.5. The highest BCUT2D eigenvalue weighted by atomic mass is 19.4. The van der Waals surface area contributed by atoms with Crippen LogP contribution in [0.15, 0.2) is 36.8 Å². The molecule has 2 N–H and O–H groups in total. The van der Waals surface area contributed by atoms with Crippen LogP contribution in [0.25, 0.3) is 22.5 Å². The molecule has 39 heavy (non-hydrogen) atoms. The number of hydrogen-bond donors (Lipinski definition) is 1. The number of nitrogen functional groups attached to an aromatic ring is 1. The van der Waals surface area contributed by atoms with E-state index < -0.39 is 11.7 Å². The molecule has 5 heterocycles. The molecular formula is C27H32F3N7O2. The third-order valence-electron chi connectivity index (χ3n) is 7.03. The summed E-state index contributed by atoms with van der Waals surface area (Å²) in [6, 6.07) is 4.67. The Morgan fingerprint density at radius 1 is 0.974 bits per heavy atom.